The molecule has 4 rings (SSSR count). The molecule has 0 spiro atoms. The van der Waals surface area contributed by atoms with Crippen LogP contribution in [0.15, 0.2) is 23.4 Å². The Morgan fingerprint density at radius 3 is 2.82 bits per heavy atom. The van der Waals surface area contributed by atoms with E-state index in [2.05, 4.69) is 38.6 Å². The summed E-state index contributed by atoms with van der Waals surface area (Å²) in [5.74, 6) is 2.27. The summed E-state index contributed by atoms with van der Waals surface area (Å²) in [6, 6.07) is 0. The van der Waals surface area contributed by atoms with Crippen molar-refractivity contribution in [2.24, 2.45) is 34.3 Å². The number of allylic oxidation sites excluding steroid dienone is 3. The van der Waals surface area contributed by atoms with Crippen molar-refractivity contribution in [2.45, 2.75) is 57.6 Å². The van der Waals surface area contributed by atoms with E-state index in [1.165, 1.54) is 6.42 Å². The van der Waals surface area contributed by atoms with E-state index in [0.717, 1.165) is 37.8 Å². The molecule has 4 aliphatic rings. The third-order valence-corrected chi connectivity index (χ3v) is 8.47. The summed E-state index contributed by atoms with van der Waals surface area (Å²) in [7, 11) is 0. The summed E-state index contributed by atoms with van der Waals surface area (Å²) in [5, 5.41) is -0.0430. The van der Waals surface area contributed by atoms with Gasteiger partial charge in [0.25, 0.3) is 0 Å². The van der Waals surface area contributed by atoms with Crippen LogP contribution in [0.2, 0.25) is 0 Å². The summed E-state index contributed by atoms with van der Waals surface area (Å²) in [4.78, 5) is 12.3. The molecule has 4 aliphatic carbocycles. The maximum Gasteiger partial charge on any atom is 0.146 e. The highest BCUT2D eigenvalue weighted by molar-refractivity contribution is 7.81. The molecule has 0 heterocycles. The summed E-state index contributed by atoms with van der Waals surface area (Å²) in [6.07, 6.45) is 11.0. The number of hydrogen-bond donors (Lipinski definition) is 2. The van der Waals surface area contributed by atoms with E-state index in [1.54, 1.807) is 5.57 Å². The molecule has 3 heteroatoms. The normalized spacial score (nSPS) is 50.6. The van der Waals surface area contributed by atoms with Crippen LogP contribution in [0.3, 0.4) is 0 Å². The average Bonchev–Trinajstić information content (AvgIpc) is 2.72. The lowest BCUT2D eigenvalue weighted by molar-refractivity contribution is -0.117. The Morgan fingerprint density at radius 1 is 1.27 bits per heavy atom. The second kappa shape index (κ2) is 4.66. The molecule has 2 nitrogen and oxygen atoms in total. The van der Waals surface area contributed by atoms with Gasteiger partial charge in [-0.05, 0) is 54.3 Å². The summed E-state index contributed by atoms with van der Waals surface area (Å²) in [6.45, 7) is 4.76. The Balaban J connectivity index is 1.71. The van der Waals surface area contributed by atoms with Crippen molar-refractivity contribution >= 4 is 18.4 Å². The molecule has 0 saturated heterocycles. The van der Waals surface area contributed by atoms with E-state index < -0.39 is 0 Å². The number of ketones is 1. The van der Waals surface area contributed by atoms with Crippen LogP contribution >= 0.6 is 12.6 Å². The number of hydrogen-bond acceptors (Lipinski definition) is 3. The predicted octanol–water partition coefficient (Wildman–Crippen LogP) is 3.88. The number of thiol groups is 1. The van der Waals surface area contributed by atoms with Gasteiger partial charge in [0.1, 0.15) is 5.78 Å². The van der Waals surface area contributed by atoms with Gasteiger partial charge in [0, 0.05) is 18.5 Å². The van der Waals surface area contributed by atoms with Crippen molar-refractivity contribution < 1.29 is 4.79 Å². The summed E-state index contributed by atoms with van der Waals surface area (Å²) in [5.41, 5.74) is 9.06. The first-order valence-electron chi connectivity index (χ1n) is 8.71. The monoisotopic (exact) mass is 317 g/mol. The fraction of sp³-hybridized carbons (Fsp3) is 0.737. The van der Waals surface area contributed by atoms with Crippen LogP contribution in [0, 0.1) is 28.6 Å². The lowest BCUT2D eigenvalue weighted by Gasteiger charge is -2.56. The van der Waals surface area contributed by atoms with E-state index >= 15 is 0 Å². The highest BCUT2D eigenvalue weighted by Gasteiger charge is 2.59. The standard InChI is InChI=1S/C19H27NOS/c1-18-7-5-12(20)9-11(18)3-4-13-14(18)6-8-19(2)15(13)10-16(21)17(19)22/h3,5,13-15,17,22H,4,6-10,20H2,1-2H3/t13-,14+,15+,17-,18+,19+/m1/s1. The van der Waals surface area contributed by atoms with Crippen molar-refractivity contribution in [1.82, 2.24) is 0 Å². The smallest absolute Gasteiger partial charge is 0.146 e. The Morgan fingerprint density at radius 2 is 2.05 bits per heavy atom. The molecule has 0 radical (unpaired) electrons. The lowest BCUT2D eigenvalue weighted by atomic mass is 9.48. The quantitative estimate of drug-likeness (QED) is 0.526. The SMILES string of the molecule is C[C@]12CC[C@H]3[C@@H](CC=C4CC(N)=CC[C@@]43C)[C@@H]1CC(=O)[C@H]2S. The molecular formula is C19H27NOS. The van der Waals surface area contributed by atoms with Crippen molar-refractivity contribution in [2.75, 3.05) is 0 Å². The maximum absolute atomic E-state index is 12.3. The number of fused-ring (bicyclic) bond motifs is 5. The molecule has 0 amide bonds. The van der Waals surface area contributed by atoms with Crippen molar-refractivity contribution in [3.05, 3.63) is 23.4 Å². The second-order valence-corrected chi connectivity index (χ2v) is 9.05. The molecule has 6 atom stereocenters. The zero-order chi connectivity index (χ0) is 15.7. The van der Waals surface area contributed by atoms with Gasteiger partial charge in [-0.25, -0.2) is 0 Å². The molecule has 2 fully saturated rings. The number of Topliss-reactive ketones (excluding diaryl/α,β-unsaturated/α-hetero) is 1. The molecule has 0 aromatic rings. The molecule has 0 bridgehead atoms. The Labute approximate surface area is 139 Å². The fourth-order valence-corrected chi connectivity index (χ4v) is 6.54. The highest BCUT2D eigenvalue weighted by Crippen LogP contribution is 2.64. The van der Waals surface area contributed by atoms with Crippen LogP contribution in [-0.2, 0) is 4.79 Å². The predicted molar refractivity (Wildman–Crippen MR) is 92.5 cm³/mol. The van der Waals surface area contributed by atoms with Gasteiger partial charge in [0.05, 0.1) is 5.25 Å². The number of carbonyl (C=O) groups excluding carboxylic acids is 1. The minimum Gasteiger partial charge on any atom is -0.402 e. The molecule has 2 N–H and O–H groups in total. The van der Waals surface area contributed by atoms with E-state index in [4.69, 9.17) is 5.73 Å². The van der Waals surface area contributed by atoms with Gasteiger partial charge >= 0.3 is 0 Å². The second-order valence-electron chi connectivity index (χ2n) is 8.54. The maximum atomic E-state index is 12.3. The fourth-order valence-electron chi connectivity index (χ4n) is 6.12. The van der Waals surface area contributed by atoms with Gasteiger partial charge in [0.15, 0.2) is 0 Å². The van der Waals surface area contributed by atoms with Crippen LogP contribution in [0.4, 0.5) is 0 Å². The van der Waals surface area contributed by atoms with Crippen LogP contribution in [0.25, 0.3) is 0 Å². The van der Waals surface area contributed by atoms with Crippen molar-refractivity contribution in [1.29, 1.82) is 0 Å². The van der Waals surface area contributed by atoms with Gasteiger partial charge in [-0.15, -0.1) is 0 Å². The zero-order valence-corrected chi connectivity index (χ0v) is 14.5. The molecule has 2 saturated carbocycles. The minimum atomic E-state index is -0.0430. The van der Waals surface area contributed by atoms with Crippen LogP contribution in [-0.4, -0.2) is 11.0 Å². The van der Waals surface area contributed by atoms with Gasteiger partial charge in [-0.3, -0.25) is 4.79 Å². The van der Waals surface area contributed by atoms with Crippen molar-refractivity contribution in [3.8, 4) is 0 Å². The molecule has 0 aliphatic heterocycles. The molecule has 0 aromatic heterocycles. The highest BCUT2D eigenvalue weighted by atomic mass is 32.1. The first-order chi connectivity index (χ1) is 10.4. The van der Waals surface area contributed by atoms with Crippen LogP contribution < -0.4 is 5.73 Å². The zero-order valence-electron chi connectivity index (χ0n) is 13.6. The van der Waals surface area contributed by atoms with Gasteiger partial charge in [-0.2, -0.15) is 12.6 Å². The number of carbonyl (C=O) groups is 1. The average molecular weight is 317 g/mol. The number of nitrogens with two attached hydrogens (primary N) is 1. The molecule has 0 aromatic carbocycles. The lowest BCUT2D eigenvalue weighted by Crippen LogP contribution is -2.49. The Hall–Kier alpha value is -0.700. The van der Waals surface area contributed by atoms with Gasteiger partial charge < -0.3 is 5.73 Å². The molecule has 22 heavy (non-hydrogen) atoms. The minimum absolute atomic E-state index is 0.0430. The topological polar surface area (TPSA) is 43.1 Å². The van der Waals surface area contributed by atoms with Gasteiger partial charge in [0.2, 0.25) is 0 Å². The van der Waals surface area contributed by atoms with E-state index in [1.807, 2.05) is 0 Å². The number of rotatable bonds is 0. The Kier molecular flexibility index (Phi) is 3.15. The van der Waals surface area contributed by atoms with E-state index in [-0.39, 0.29) is 16.1 Å². The van der Waals surface area contributed by atoms with E-state index in [9.17, 15) is 4.79 Å². The molecule has 0 unspecified atom stereocenters. The first-order valence-corrected chi connectivity index (χ1v) is 9.23. The third-order valence-electron chi connectivity index (χ3n) is 7.60. The molecule has 120 valence electrons. The van der Waals surface area contributed by atoms with Crippen LogP contribution in [0.5, 0.6) is 0 Å². The van der Waals surface area contributed by atoms with E-state index in [0.29, 0.717) is 23.5 Å². The summed E-state index contributed by atoms with van der Waals surface area (Å²) < 4.78 is 0. The Bertz CT molecular complexity index is 594. The largest absolute Gasteiger partial charge is 0.402 e. The van der Waals surface area contributed by atoms with Gasteiger partial charge in [-0.1, -0.05) is 31.6 Å². The van der Waals surface area contributed by atoms with Crippen molar-refractivity contribution in [3.63, 3.8) is 0 Å². The molecular weight excluding hydrogens is 290 g/mol. The first kappa shape index (κ1) is 14.9. The summed E-state index contributed by atoms with van der Waals surface area (Å²) >= 11 is 4.69. The third kappa shape index (κ3) is 1.78. The van der Waals surface area contributed by atoms with Crippen LogP contribution in [0.1, 0.15) is 52.4 Å².